The van der Waals surface area contributed by atoms with Crippen LogP contribution in [0.5, 0.6) is 0 Å². The van der Waals surface area contributed by atoms with Gasteiger partial charge in [-0.05, 0) is 25.5 Å². The third kappa shape index (κ3) is 5.58. The Kier molecular flexibility index (Phi) is 6.07. The number of carbonyl (C=O) groups is 1. The molecule has 1 heterocycles. The van der Waals surface area contributed by atoms with E-state index in [1.54, 1.807) is 19.1 Å². The van der Waals surface area contributed by atoms with Crippen molar-refractivity contribution in [1.82, 2.24) is 10.2 Å². The van der Waals surface area contributed by atoms with Gasteiger partial charge in [-0.25, -0.2) is 0 Å². The van der Waals surface area contributed by atoms with Gasteiger partial charge in [-0.2, -0.15) is 5.10 Å². The lowest BCUT2D eigenvalue weighted by Gasteiger charge is -2.03. The van der Waals surface area contributed by atoms with Crippen molar-refractivity contribution in [3.05, 3.63) is 17.3 Å². The third-order valence-electron chi connectivity index (χ3n) is 1.86. The van der Waals surface area contributed by atoms with Crippen LogP contribution in [0.25, 0.3) is 0 Å². The number of esters is 1. The molecule has 6 nitrogen and oxygen atoms in total. The van der Waals surface area contributed by atoms with E-state index < -0.39 is 0 Å². The highest BCUT2D eigenvalue weighted by atomic mass is 35.5. The second-order valence-electron chi connectivity index (χ2n) is 3.60. The molecule has 0 atom stereocenters. The van der Waals surface area contributed by atoms with E-state index in [0.29, 0.717) is 23.3 Å². The monoisotopic (exact) mass is 270 g/mol. The summed E-state index contributed by atoms with van der Waals surface area (Å²) in [6, 6.07) is 3.23. The summed E-state index contributed by atoms with van der Waals surface area (Å²) < 4.78 is 4.94. The summed E-state index contributed by atoms with van der Waals surface area (Å²) in [5.41, 5.74) is 3.29. The lowest BCUT2D eigenvalue weighted by molar-refractivity contribution is -0.142. The van der Waals surface area contributed by atoms with Crippen molar-refractivity contribution >= 4 is 29.1 Å². The van der Waals surface area contributed by atoms with E-state index in [2.05, 4.69) is 20.7 Å². The van der Waals surface area contributed by atoms with Crippen molar-refractivity contribution < 1.29 is 9.53 Å². The molecular formula is C11H15ClN4O2. The zero-order valence-corrected chi connectivity index (χ0v) is 11.1. The zero-order valence-electron chi connectivity index (χ0n) is 10.3. The fraction of sp³-hybridized carbons (Fsp3) is 0.455. The Morgan fingerprint density at radius 2 is 2.28 bits per heavy atom. The van der Waals surface area contributed by atoms with Crippen LogP contribution in [0, 0.1) is 0 Å². The van der Waals surface area contributed by atoms with Crippen molar-refractivity contribution in [3.63, 3.8) is 0 Å². The van der Waals surface area contributed by atoms with Crippen molar-refractivity contribution in [2.75, 3.05) is 12.0 Å². The fourth-order valence-corrected chi connectivity index (χ4v) is 1.14. The van der Waals surface area contributed by atoms with Crippen LogP contribution in [-0.2, 0) is 9.53 Å². The predicted molar refractivity (Wildman–Crippen MR) is 69.6 cm³/mol. The van der Waals surface area contributed by atoms with Gasteiger partial charge in [0, 0.05) is 5.71 Å². The second-order valence-corrected chi connectivity index (χ2v) is 3.98. The maximum atomic E-state index is 11.3. The molecule has 0 aliphatic carbocycles. The van der Waals surface area contributed by atoms with Gasteiger partial charge in [-0.3, -0.25) is 10.2 Å². The molecule has 0 bridgehead atoms. The minimum absolute atomic E-state index is 0.147. The van der Waals surface area contributed by atoms with E-state index in [9.17, 15) is 4.79 Å². The van der Waals surface area contributed by atoms with Gasteiger partial charge in [0.2, 0.25) is 0 Å². The number of anilines is 1. The van der Waals surface area contributed by atoms with Crippen LogP contribution in [0.2, 0.25) is 5.15 Å². The first-order valence-corrected chi connectivity index (χ1v) is 5.93. The summed E-state index contributed by atoms with van der Waals surface area (Å²) in [7, 11) is 0. The average molecular weight is 271 g/mol. The molecule has 0 fully saturated rings. The van der Waals surface area contributed by atoms with Gasteiger partial charge in [0.25, 0.3) is 0 Å². The number of aromatic nitrogens is 2. The number of nitrogens with zero attached hydrogens (tertiary/aromatic N) is 3. The minimum Gasteiger partial charge on any atom is -0.465 e. The predicted octanol–water partition coefficient (Wildman–Crippen LogP) is 2.26. The molecule has 0 saturated heterocycles. The molecule has 1 N–H and O–H groups in total. The Balaban J connectivity index is 2.41. The van der Waals surface area contributed by atoms with E-state index in [-0.39, 0.29) is 12.4 Å². The summed E-state index contributed by atoms with van der Waals surface area (Å²) in [6.45, 7) is 4.10. The summed E-state index contributed by atoms with van der Waals surface area (Å²) in [5, 5.41) is 11.7. The lowest BCUT2D eigenvalue weighted by Crippen LogP contribution is -2.11. The van der Waals surface area contributed by atoms with Gasteiger partial charge in [0.05, 0.1) is 13.0 Å². The van der Waals surface area contributed by atoms with Gasteiger partial charge in [-0.1, -0.05) is 18.5 Å². The molecule has 1 aromatic rings. The number of hydrazone groups is 1. The van der Waals surface area contributed by atoms with Crippen LogP contribution in [0.4, 0.5) is 5.82 Å². The first-order valence-electron chi connectivity index (χ1n) is 5.56. The summed E-state index contributed by atoms with van der Waals surface area (Å²) >= 11 is 5.59. The van der Waals surface area contributed by atoms with Crippen molar-refractivity contribution in [2.45, 2.75) is 26.7 Å². The van der Waals surface area contributed by atoms with Gasteiger partial charge in [0.15, 0.2) is 11.0 Å². The summed E-state index contributed by atoms with van der Waals surface area (Å²) in [4.78, 5) is 11.3. The number of carbonyl (C=O) groups excluding carboxylic acids is 1. The molecule has 0 amide bonds. The molecule has 0 unspecified atom stereocenters. The molecule has 1 aromatic heterocycles. The Hall–Kier alpha value is -1.69. The summed E-state index contributed by atoms with van der Waals surface area (Å²) in [5.74, 6) is 0.169. The quantitative estimate of drug-likeness (QED) is 0.487. The number of hydrogen-bond acceptors (Lipinski definition) is 6. The zero-order chi connectivity index (χ0) is 13.4. The molecule has 0 saturated carbocycles. The van der Waals surface area contributed by atoms with Crippen LogP contribution >= 0.6 is 11.6 Å². The Labute approximate surface area is 110 Å². The normalized spacial score (nSPS) is 11.2. The molecule has 0 aliphatic heterocycles. The van der Waals surface area contributed by atoms with Crippen molar-refractivity contribution in [3.8, 4) is 0 Å². The number of halogens is 1. The van der Waals surface area contributed by atoms with E-state index in [1.807, 2.05) is 6.92 Å². The van der Waals surface area contributed by atoms with Gasteiger partial charge in [0.1, 0.15) is 0 Å². The molecule has 0 aliphatic rings. The Morgan fingerprint density at radius 1 is 1.50 bits per heavy atom. The molecule has 0 aromatic carbocycles. The molecule has 0 radical (unpaired) electrons. The van der Waals surface area contributed by atoms with E-state index >= 15 is 0 Å². The number of ether oxygens (including phenoxy) is 1. The molecule has 1 rings (SSSR count). The van der Waals surface area contributed by atoms with Crippen LogP contribution in [-0.4, -0.2) is 28.5 Å². The van der Waals surface area contributed by atoms with Crippen LogP contribution < -0.4 is 5.43 Å². The van der Waals surface area contributed by atoms with Crippen LogP contribution in [0.1, 0.15) is 26.7 Å². The Morgan fingerprint density at radius 3 is 2.89 bits per heavy atom. The maximum Gasteiger partial charge on any atom is 0.311 e. The maximum absolute atomic E-state index is 11.3. The SMILES string of the molecule is CCCOC(=O)C/C(C)=N\Nc1ccc(Cl)nn1. The van der Waals surface area contributed by atoms with E-state index in [0.717, 1.165) is 6.42 Å². The summed E-state index contributed by atoms with van der Waals surface area (Å²) in [6.07, 6.45) is 0.953. The number of hydrogen-bond donors (Lipinski definition) is 1. The van der Waals surface area contributed by atoms with Gasteiger partial charge < -0.3 is 4.74 Å². The smallest absolute Gasteiger partial charge is 0.311 e. The highest BCUT2D eigenvalue weighted by molar-refractivity contribution is 6.29. The molecule has 7 heteroatoms. The van der Waals surface area contributed by atoms with Crippen LogP contribution in [0.15, 0.2) is 17.2 Å². The van der Waals surface area contributed by atoms with Gasteiger partial charge in [-0.15, -0.1) is 10.2 Å². The van der Waals surface area contributed by atoms with Gasteiger partial charge >= 0.3 is 5.97 Å². The Bertz CT molecular complexity index is 420. The minimum atomic E-state index is -0.290. The highest BCUT2D eigenvalue weighted by Crippen LogP contribution is 2.06. The topological polar surface area (TPSA) is 76.5 Å². The van der Waals surface area contributed by atoms with Crippen molar-refractivity contribution in [1.29, 1.82) is 0 Å². The van der Waals surface area contributed by atoms with E-state index in [4.69, 9.17) is 16.3 Å². The second kappa shape index (κ2) is 7.60. The lowest BCUT2D eigenvalue weighted by atomic mass is 10.3. The molecular weight excluding hydrogens is 256 g/mol. The third-order valence-corrected chi connectivity index (χ3v) is 2.06. The number of rotatable bonds is 6. The standard InChI is InChI=1S/C11H15ClN4O2/c1-3-6-18-11(17)7-8(2)13-15-10-5-4-9(12)14-16-10/h4-5H,3,6-7H2,1-2H3,(H,15,16)/b13-8-. The van der Waals surface area contributed by atoms with E-state index in [1.165, 1.54) is 0 Å². The first-order chi connectivity index (χ1) is 8.61. The molecule has 0 spiro atoms. The van der Waals surface area contributed by atoms with Crippen molar-refractivity contribution in [2.24, 2.45) is 5.10 Å². The highest BCUT2D eigenvalue weighted by Gasteiger charge is 2.04. The molecule has 98 valence electrons. The fourth-order valence-electron chi connectivity index (χ4n) is 1.04. The van der Waals surface area contributed by atoms with Crippen LogP contribution in [0.3, 0.4) is 0 Å². The largest absolute Gasteiger partial charge is 0.465 e. The number of nitrogens with one attached hydrogen (secondary N) is 1. The molecule has 18 heavy (non-hydrogen) atoms. The first kappa shape index (κ1) is 14.4. The average Bonchev–Trinajstić information content (AvgIpc) is 2.35.